The van der Waals surface area contributed by atoms with Crippen LogP contribution in [0.2, 0.25) is 19.6 Å². The molecule has 0 amide bonds. The number of fused-ring (bicyclic) bond motifs is 1. The van der Waals surface area contributed by atoms with Crippen molar-refractivity contribution in [3.8, 4) is 0 Å². The Morgan fingerprint density at radius 2 is 1.30 bits per heavy atom. The Bertz CT molecular complexity index is 2380. The number of aromatic nitrogens is 1. The lowest BCUT2D eigenvalue weighted by molar-refractivity contribution is -0.802. The summed E-state index contributed by atoms with van der Waals surface area (Å²) in [5.41, 5.74) is 14.4. The molecule has 50 heavy (non-hydrogen) atoms. The highest BCUT2D eigenvalue weighted by Gasteiger charge is 2.38. The van der Waals surface area contributed by atoms with Crippen LogP contribution in [-0.2, 0) is 6.67 Å². The number of rotatable bonds is 3. The van der Waals surface area contributed by atoms with Gasteiger partial charge in [-0.1, -0.05) is 80.3 Å². The molecule has 0 unspecified atom stereocenters. The van der Waals surface area contributed by atoms with Gasteiger partial charge in [0.15, 0.2) is 31.0 Å². The van der Waals surface area contributed by atoms with Crippen molar-refractivity contribution in [2.75, 3.05) is 6.67 Å². The van der Waals surface area contributed by atoms with E-state index in [4.69, 9.17) is 0 Å². The number of hydrogen-bond donors (Lipinski definition) is 0. The highest BCUT2D eigenvalue weighted by molar-refractivity contribution is 6.87. The highest BCUT2D eigenvalue weighted by atomic mass is 28.3. The van der Waals surface area contributed by atoms with Gasteiger partial charge in [-0.15, -0.1) is 18.3 Å². The van der Waals surface area contributed by atoms with E-state index in [1.54, 1.807) is 0 Å². The first-order valence-corrected chi connectivity index (χ1v) is 21.3. The zero-order chi connectivity index (χ0) is 35.3. The van der Waals surface area contributed by atoms with Gasteiger partial charge in [0, 0.05) is 55.0 Å². The predicted octanol–water partition coefficient (Wildman–Crippen LogP) is 9.42. The van der Waals surface area contributed by atoms with Crippen LogP contribution in [0.15, 0.2) is 109 Å². The molecule has 0 atom stereocenters. The maximum atomic E-state index is 2.59. The largest absolute Gasteiger partial charge is 0.344 e. The molecule has 4 nitrogen and oxygen atoms in total. The van der Waals surface area contributed by atoms with Crippen molar-refractivity contribution in [3.63, 3.8) is 0 Å². The lowest BCUT2D eigenvalue weighted by atomic mass is 10.0. The molecular weight excluding hydrogens is 625 g/mol. The van der Waals surface area contributed by atoms with E-state index in [1.165, 1.54) is 83.3 Å². The van der Waals surface area contributed by atoms with Crippen LogP contribution in [0.5, 0.6) is 0 Å². The van der Waals surface area contributed by atoms with Gasteiger partial charge in [-0.05, 0) is 68.1 Å². The van der Waals surface area contributed by atoms with Gasteiger partial charge in [0.2, 0.25) is 22.6 Å². The molecule has 0 saturated heterocycles. The van der Waals surface area contributed by atoms with Gasteiger partial charge in [-0.3, -0.25) is 0 Å². The monoisotopic (exact) mass is 674 g/mol. The summed E-state index contributed by atoms with van der Waals surface area (Å²) in [6.07, 6.45) is 2.29. The fourth-order valence-corrected chi connectivity index (χ4v) is 9.34. The summed E-state index contributed by atoms with van der Waals surface area (Å²) >= 11 is 0. The molecule has 3 heterocycles. The standard InChI is InChI=1S/C25H26N2Si.C20H24N2/c1-18(19-9-6-5-7-10-19)26-17-27-23(28(2,3)4)16-15-21-14-13-20-11-8-12-22(26)24(20)25(21)27;1-14(2)22-13-21(20-16(4)7-6-8-17(20)5)12-18-11-15(3)9-10-19(18)22/h5-16H,17H2,1-4H3;6-12H,13H2,1-5H3/q2*+2/b26-18-;. The first-order chi connectivity index (χ1) is 23.9. The second kappa shape index (κ2) is 13.0. The molecule has 0 saturated carbocycles. The number of hydrogen-bond acceptors (Lipinski definition) is 0. The van der Waals surface area contributed by atoms with Crippen LogP contribution in [0.1, 0.15) is 48.6 Å². The molecule has 5 heteroatoms. The third-order valence-corrected chi connectivity index (χ3v) is 12.2. The number of benzene rings is 5. The molecule has 6 aromatic rings. The molecule has 2 aliphatic heterocycles. The lowest BCUT2D eigenvalue weighted by Gasteiger charge is -2.20. The van der Waals surface area contributed by atoms with Gasteiger partial charge in [-0.2, -0.15) is 0 Å². The van der Waals surface area contributed by atoms with E-state index in [9.17, 15) is 0 Å². The minimum absolute atomic E-state index is 0.865. The van der Waals surface area contributed by atoms with E-state index in [0.717, 1.165) is 13.3 Å². The Kier molecular flexibility index (Phi) is 8.73. The van der Waals surface area contributed by atoms with Crippen molar-refractivity contribution in [3.05, 3.63) is 137 Å². The predicted molar refractivity (Wildman–Crippen MR) is 214 cm³/mol. The third-order valence-electron chi connectivity index (χ3n) is 10.3. The number of nitrogens with zero attached hydrogens (tertiary/aromatic N) is 4. The van der Waals surface area contributed by atoms with Crippen LogP contribution in [0.4, 0.5) is 17.1 Å². The van der Waals surface area contributed by atoms with Crippen LogP contribution >= 0.6 is 0 Å². The number of aryl methyl sites for hydroxylation is 3. The Labute approximate surface area is 298 Å². The molecular formula is C45H50N4Si+4. The van der Waals surface area contributed by atoms with E-state index >= 15 is 0 Å². The Morgan fingerprint density at radius 3 is 2.00 bits per heavy atom. The van der Waals surface area contributed by atoms with Gasteiger partial charge in [0.1, 0.15) is 10.9 Å². The molecule has 0 spiro atoms. The van der Waals surface area contributed by atoms with E-state index in [1.807, 2.05) is 0 Å². The van der Waals surface area contributed by atoms with E-state index in [0.29, 0.717) is 0 Å². The quantitative estimate of drug-likeness (QED) is 0.101. The van der Waals surface area contributed by atoms with Gasteiger partial charge >= 0.3 is 13.3 Å². The molecule has 2 aliphatic rings. The molecule has 250 valence electrons. The van der Waals surface area contributed by atoms with Gasteiger partial charge in [-0.25, -0.2) is 0 Å². The van der Waals surface area contributed by atoms with Crippen molar-refractivity contribution < 1.29 is 18.3 Å². The average Bonchev–Trinajstić information content (AvgIpc) is 3.09. The summed E-state index contributed by atoms with van der Waals surface area (Å²) in [6.45, 7) is 22.2. The summed E-state index contributed by atoms with van der Waals surface area (Å²) in [6, 6.07) is 39.9. The van der Waals surface area contributed by atoms with Crippen molar-refractivity contribution in [1.82, 2.24) is 0 Å². The SMILES string of the molecule is C/C(c1ccccc1)=[N+]1\C[n+]2c([Si](C)(C)C)ccc3ccc4cccc1c4c32.CC(C)=[N+]1C[N+](c2c(C)cccc2C)=Cc2cc(C)ccc21. The molecule has 5 aromatic carbocycles. The Hall–Kier alpha value is -5.00. The van der Waals surface area contributed by atoms with Crippen LogP contribution in [0.3, 0.4) is 0 Å². The van der Waals surface area contributed by atoms with E-state index in [2.05, 4.69) is 195 Å². The van der Waals surface area contributed by atoms with Crippen LogP contribution in [-0.4, -0.2) is 46.1 Å². The summed E-state index contributed by atoms with van der Waals surface area (Å²) < 4.78 is 9.84. The Morgan fingerprint density at radius 1 is 0.620 bits per heavy atom. The maximum absolute atomic E-state index is 2.59. The van der Waals surface area contributed by atoms with Crippen molar-refractivity contribution in [2.45, 2.75) is 67.9 Å². The molecule has 0 radical (unpaired) electrons. The molecule has 0 aliphatic carbocycles. The van der Waals surface area contributed by atoms with Gasteiger partial charge in [0.05, 0.1) is 0 Å². The molecule has 0 bridgehead atoms. The van der Waals surface area contributed by atoms with Crippen molar-refractivity contribution in [2.24, 2.45) is 0 Å². The molecule has 1 aromatic heterocycles. The Balaban J connectivity index is 0.000000162. The van der Waals surface area contributed by atoms with E-state index in [-0.39, 0.29) is 0 Å². The number of pyridine rings is 1. The zero-order valence-corrected chi connectivity index (χ0v) is 32.2. The summed E-state index contributed by atoms with van der Waals surface area (Å²) in [5, 5.41) is 5.53. The maximum Gasteiger partial charge on any atom is 0.344 e. The third kappa shape index (κ3) is 6.05. The lowest BCUT2D eigenvalue weighted by Crippen LogP contribution is -2.63. The summed E-state index contributed by atoms with van der Waals surface area (Å²) in [5.74, 6) is 0. The topological polar surface area (TPSA) is 12.9 Å². The van der Waals surface area contributed by atoms with E-state index < -0.39 is 8.07 Å². The molecule has 0 fully saturated rings. The normalized spacial score (nSPS) is 14.7. The van der Waals surface area contributed by atoms with Crippen molar-refractivity contribution >= 4 is 69.8 Å². The molecule has 8 rings (SSSR count). The summed E-state index contributed by atoms with van der Waals surface area (Å²) in [7, 11) is -1.49. The van der Waals surface area contributed by atoms with Crippen molar-refractivity contribution in [1.29, 1.82) is 0 Å². The average molecular weight is 675 g/mol. The van der Waals surface area contributed by atoms with Gasteiger partial charge in [0.25, 0.3) is 0 Å². The van der Waals surface area contributed by atoms with Gasteiger partial charge < -0.3 is 0 Å². The second-order valence-electron chi connectivity index (χ2n) is 15.2. The summed E-state index contributed by atoms with van der Waals surface area (Å²) in [4.78, 5) is 0. The molecule has 0 N–H and O–H groups in total. The minimum atomic E-state index is -1.49. The van der Waals surface area contributed by atoms with Crippen LogP contribution < -0.4 is 9.88 Å². The fourth-order valence-electron chi connectivity index (χ4n) is 7.76. The smallest absolute Gasteiger partial charge is 0.141 e. The first kappa shape index (κ1) is 33.5. The zero-order valence-electron chi connectivity index (χ0n) is 31.2. The minimum Gasteiger partial charge on any atom is -0.141 e. The number of para-hydroxylation sites is 1. The van der Waals surface area contributed by atoms with Crippen LogP contribution in [0, 0.1) is 20.8 Å². The van der Waals surface area contributed by atoms with Crippen LogP contribution in [0.25, 0.3) is 21.7 Å². The second-order valence-corrected chi connectivity index (χ2v) is 20.2. The highest BCUT2D eigenvalue weighted by Crippen LogP contribution is 2.34. The fraction of sp³-hybridized carbons (Fsp3) is 0.244. The first-order valence-electron chi connectivity index (χ1n) is 17.8.